The first kappa shape index (κ1) is 13.7. The first-order valence-corrected chi connectivity index (χ1v) is 6.96. The van der Waals surface area contributed by atoms with E-state index in [1.165, 1.54) is 12.2 Å². The van der Waals surface area contributed by atoms with E-state index in [1.54, 1.807) is 18.2 Å². The van der Waals surface area contributed by atoms with E-state index in [0.29, 0.717) is 11.3 Å². The molecule has 4 nitrogen and oxygen atoms in total. The first-order valence-electron chi connectivity index (χ1n) is 5.57. The third-order valence-corrected chi connectivity index (χ3v) is 3.12. The number of carbonyl (C=O) groups excluding carboxylic acids is 1. The van der Waals surface area contributed by atoms with Crippen LogP contribution in [0.4, 0.5) is 11.4 Å². The molecule has 1 aromatic carbocycles. The second kappa shape index (κ2) is 7.06. The summed E-state index contributed by atoms with van der Waals surface area (Å²) in [4.78, 5) is 10.9. The molecule has 5 N–H and O–H groups in total. The van der Waals surface area contributed by atoms with Crippen LogP contribution in [0.5, 0.6) is 0 Å². The van der Waals surface area contributed by atoms with Crippen molar-refractivity contribution in [2.24, 2.45) is 5.73 Å². The number of primary amides is 1. The summed E-state index contributed by atoms with van der Waals surface area (Å²) < 4.78 is 0. The molecular weight excluding hydrogens is 234 g/mol. The highest BCUT2D eigenvalue weighted by molar-refractivity contribution is 7.98. The van der Waals surface area contributed by atoms with Crippen molar-refractivity contribution in [1.82, 2.24) is 0 Å². The van der Waals surface area contributed by atoms with E-state index >= 15 is 0 Å². The summed E-state index contributed by atoms with van der Waals surface area (Å²) in [6.07, 6.45) is 4.40. The van der Waals surface area contributed by atoms with Crippen LogP contribution >= 0.6 is 11.8 Å². The molecule has 0 bridgehead atoms. The van der Waals surface area contributed by atoms with Crippen molar-refractivity contribution in [3.05, 3.63) is 23.8 Å². The topological polar surface area (TPSA) is 81.1 Å². The van der Waals surface area contributed by atoms with Crippen molar-refractivity contribution in [2.75, 3.05) is 29.6 Å². The van der Waals surface area contributed by atoms with Gasteiger partial charge in [-0.15, -0.1) is 0 Å². The van der Waals surface area contributed by atoms with Crippen LogP contribution in [0.1, 0.15) is 23.2 Å². The predicted molar refractivity (Wildman–Crippen MR) is 75.5 cm³/mol. The van der Waals surface area contributed by atoms with E-state index < -0.39 is 5.91 Å². The lowest BCUT2D eigenvalue weighted by atomic mass is 10.1. The van der Waals surface area contributed by atoms with Crippen LogP contribution < -0.4 is 16.8 Å². The highest BCUT2D eigenvalue weighted by Crippen LogP contribution is 2.19. The number of thioether (sulfide) groups is 1. The number of rotatable bonds is 7. The van der Waals surface area contributed by atoms with Gasteiger partial charge < -0.3 is 16.8 Å². The number of hydrogen-bond donors (Lipinski definition) is 3. The summed E-state index contributed by atoms with van der Waals surface area (Å²) in [5.41, 5.74) is 12.9. The molecule has 0 unspecified atom stereocenters. The summed E-state index contributed by atoms with van der Waals surface area (Å²) in [7, 11) is 0. The number of unbranched alkanes of at least 4 members (excludes halogenated alkanes) is 1. The van der Waals surface area contributed by atoms with Gasteiger partial charge in [-0.25, -0.2) is 0 Å². The molecular formula is C12H19N3OS. The monoisotopic (exact) mass is 253 g/mol. The molecule has 0 radical (unpaired) electrons. The first-order chi connectivity index (χ1) is 8.15. The molecule has 0 aliphatic carbocycles. The molecule has 17 heavy (non-hydrogen) atoms. The van der Waals surface area contributed by atoms with Gasteiger partial charge in [-0.3, -0.25) is 4.79 Å². The van der Waals surface area contributed by atoms with Gasteiger partial charge in [0.2, 0.25) is 5.91 Å². The standard InChI is InChI=1S/C12H19N3OS/c1-17-7-3-2-6-15-11-5-4-9(12(14)16)8-10(11)13/h4-5,8,15H,2-3,6-7,13H2,1H3,(H2,14,16). The molecule has 0 aliphatic rings. The Morgan fingerprint density at radius 1 is 1.41 bits per heavy atom. The van der Waals surface area contributed by atoms with Crippen LogP contribution in [0.25, 0.3) is 0 Å². The smallest absolute Gasteiger partial charge is 0.248 e. The third kappa shape index (κ3) is 4.56. The molecule has 0 saturated carbocycles. The summed E-state index contributed by atoms with van der Waals surface area (Å²) in [6, 6.07) is 5.08. The SMILES string of the molecule is CSCCCCNc1ccc(C(N)=O)cc1N. The molecule has 0 aliphatic heterocycles. The molecule has 1 rings (SSSR count). The van der Waals surface area contributed by atoms with E-state index in [1.807, 2.05) is 11.8 Å². The fourth-order valence-electron chi connectivity index (χ4n) is 1.47. The Morgan fingerprint density at radius 2 is 2.18 bits per heavy atom. The van der Waals surface area contributed by atoms with Crippen molar-refractivity contribution in [1.29, 1.82) is 0 Å². The third-order valence-electron chi connectivity index (χ3n) is 2.43. The van der Waals surface area contributed by atoms with Crippen LogP contribution in [0, 0.1) is 0 Å². The molecule has 0 heterocycles. The predicted octanol–water partition coefficient (Wildman–Crippen LogP) is 1.92. The van der Waals surface area contributed by atoms with Crippen LogP contribution in [-0.4, -0.2) is 24.5 Å². The zero-order valence-electron chi connectivity index (χ0n) is 10.0. The molecule has 1 aromatic rings. The molecule has 0 aromatic heterocycles. The second-order valence-electron chi connectivity index (χ2n) is 3.79. The normalized spacial score (nSPS) is 10.2. The number of benzene rings is 1. The number of nitrogens with two attached hydrogens (primary N) is 2. The van der Waals surface area contributed by atoms with E-state index in [0.717, 1.165) is 18.7 Å². The van der Waals surface area contributed by atoms with Crippen LogP contribution in [-0.2, 0) is 0 Å². The number of hydrogen-bond acceptors (Lipinski definition) is 4. The Hall–Kier alpha value is -1.36. The average Bonchev–Trinajstić information content (AvgIpc) is 2.30. The van der Waals surface area contributed by atoms with E-state index in [2.05, 4.69) is 11.6 Å². The molecule has 0 saturated heterocycles. The second-order valence-corrected chi connectivity index (χ2v) is 4.78. The van der Waals surface area contributed by atoms with Crippen LogP contribution in [0.2, 0.25) is 0 Å². The highest BCUT2D eigenvalue weighted by Gasteiger charge is 2.04. The van der Waals surface area contributed by atoms with Gasteiger partial charge in [-0.1, -0.05) is 0 Å². The lowest BCUT2D eigenvalue weighted by Gasteiger charge is -2.09. The molecule has 0 spiro atoms. The van der Waals surface area contributed by atoms with Crippen LogP contribution in [0.3, 0.4) is 0 Å². The Balaban J connectivity index is 2.46. The maximum absolute atomic E-state index is 10.9. The van der Waals surface area contributed by atoms with Gasteiger partial charge in [-0.2, -0.15) is 11.8 Å². The maximum atomic E-state index is 10.9. The quantitative estimate of drug-likeness (QED) is 0.512. The minimum atomic E-state index is -0.455. The highest BCUT2D eigenvalue weighted by atomic mass is 32.2. The fourth-order valence-corrected chi connectivity index (χ4v) is 1.96. The average molecular weight is 253 g/mol. The van der Waals surface area contributed by atoms with Crippen molar-refractivity contribution >= 4 is 29.0 Å². The molecule has 1 amide bonds. The number of anilines is 2. The zero-order chi connectivity index (χ0) is 12.7. The molecule has 5 heteroatoms. The summed E-state index contributed by atoms with van der Waals surface area (Å²) in [5.74, 6) is 0.723. The van der Waals surface area contributed by atoms with E-state index in [9.17, 15) is 4.79 Å². The van der Waals surface area contributed by atoms with Gasteiger partial charge in [0, 0.05) is 12.1 Å². The molecule has 94 valence electrons. The van der Waals surface area contributed by atoms with Gasteiger partial charge in [0.15, 0.2) is 0 Å². The Bertz CT molecular complexity index is 382. The molecule has 0 atom stereocenters. The van der Waals surface area contributed by atoms with Gasteiger partial charge in [0.25, 0.3) is 0 Å². The largest absolute Gasteiger partial charge is 0.397 e. The summed E-state index contributed by atoms with van der Waals surface area (Å²) >= 11 is 1.85. The minimum Gasteiger partial charge on any atom is -0.397 e. The lowest BCUT2D eigenvalue weighted by Crippen LogP contribution is -2.12. The zero-order valence-corrected chi connectivity index (χ0v) is 10.8. The number of nitrogens with one attached hydrogen (secondary N) is 1. The van der Waals surface area contributed by atoms with Crippen molar-refractivity contribution < 1.29 is 4.79 Å². The van der Waals surface area contributed by atoms with E-state index in [-0.39, 0.29) is 0 Å². The number of carbonyl (C=O) groups is 1. The van der Waals surface area contributed by atoms with Crippen molar-refractivity contribution in [3.63, 3.8) is 0 Å². The number of nitrogen functional groups attached to an aromatic ring is 1. The summed E-state index contributed by atoms with van der Waals surface area (Å²) in [5, 5.41) is 3.25. The number of amides is 1. The fraction of sp³-hybridized carbons (Fsp3) is 0.417. The van der Waals surface area contributed by atoms with Gasteiger partial charge >= 0.3 is 0 Å². The van der Waals surface area contributed by atoms with Crippen molar-refractivity contribution in [3.8, 4) is 0 Å². The molecule has 0 fully saturated rings. The van der Waals surface area contributed by atoms with Gasteiger partial charge in [0.1, 0.15) is 0 Å². The van der Waals surface area contributed by atoms with Crippen LogP contribution in [0.15, 0.2) is 18.2 Å². The van der Waals surface area contributed by atoms with Gasteiger partial charge in [-0.05, 0) is 43.0 Å². The Labute approximate surface area is 106 Å². The van der Waals surface area contributed by atoms with Gasteiger partial charge in [0.05, 0.1) is 11.4 Å². The Morgan fingerprint density at radius 3 is 2.76 bits per heavy atom. The van der Waals surface area contributed by atoms with Crippen molar-refractivity contribution in [2.45, 2.75) is 12.8 Å². The minimum absolute atomic E-state index is 0.440. The lowest BCUT2D eigenvalue weighted by molar-refractivity contribution is 0.100. The maximum Gasteiger partial charge on any atom is 0.248 e. The summed E-state index contributed by atoms with van der Waals surface area (Å²) in [6.45, 7) is 0.890. The Kier molecular flexibility index (Phi) is 5.69. The van der Waals surface area contributed by atoms with E-state index in [4.69, 9.17) is 11.5 Å².